The number of rotatable bonds is 5. The normalized spacial score (nSPS) is 11.7. The molecule has 5 heteroatoms. The average molecular weight is 325 g/mol. The van der Waals surface area contributed by atoms with Crippen molar-refractivity contribution in [1.29, 1.82) is 0 Å². The molecule has 0 unspecified atom stereocenters. The second-order valence-electron chi connectivity index (χ2n) is 5.17. The number of aryl methyl sites for hydroxylation is 2. The van der Waals surface area contributed by atoms with Gasteiger partial charge in [-0.15, -0.1) is 11.3 Å². The SMILES string of the molecule is COc1ccccc1N=c1scc(C)n1CCc1ccccn1. The minimum atomic E-state index is 0.787. The molecule has 0 saturated heterocycles. The molecule has 0 aliphatic heterocycles. The minimum absolute atomic E-state index is 0.787. The number of pyridine rings is 1. The smallest absolute Gasteiger partial charge is 0.190 e. The second-order valence-corrected chi connectivity index (χ2v) is 6.00. The van der Waals surface area contributed by atoms with E-state index in [1.807, 2.05) is 42.6 Å². The lowest BCUT2D eigenvalue weighted by Crippen LogP contribution is -2.17. The van der Waals surface area contributed by atoms with Crippen molar-refractivity contribution in [2.24, 2.45) is 4.99 Å². The third-order valence-corrected chi connectivity index (χ3v) is 4.59. The Hall–Kier alpha value is -2.40. The minimum Gasteiger partial charge on any atom is -0.494 e. The van der Waals surface area contributed by atoms with Gasteiger partial charge in [-0.3, -0.25) is 4.98 Å². The van der Waals surface area contributed by atoms with Crippen LogP contribution in [0, 0.1) is 6.92 Å². The van der Waals surface area contributed by atoms with Gasteiger partial charge in [-0.25, -0.2) is 4.99 Å². The van der Waals surface area contributed by atoms with E-state index in [0.29, 0.717) is 0 Å². The highest BCUT2D eigenvalue weighted by Gasteiger charge is 2.05. The summed E-state index contributed by atoms with van der Waals surface area (Å²) < 4.78 is 7.61. The number of nitrogens with zero attached hydrogens (tertiary/aromatic N) is 3. The van der Waals surface area contributed by atoms with Gasteiger partial charge in [0.15, 0.2) is 4.80 Å². The highest BCUT2D eigenvalue weighted by Crippen LogP contribution is 2.25. The monoisotopic (exact) mass is 325 g/mol. The lowest BCUT2D eigenvalue weighted by atomic mass is 10.2. The van der Waals surface area contributed by atoms with Gasteiger partial charge in [0.05, 0.1) is 7.11 Å². The van der Waals surface area contributed by atoms with Crippen LogP contribution in [0.15, 0.2) is 59.0 Å². The molecule has 0 atom stereocenters. The van der Waals surface area contributed by atoms with Gasteiger partial charge in [0.1, 0.15) is 11.4 Å². The highest BCUT2D eigenvalue weighted by molar-refractivity contribution is 7.07. The van der Waals surface area contributed by atoms with Crippen molar-refractivity contribution in [3.63, 3.8) is 0 Å². The molecule has 2 heterocycles. The van der Waals surface area contributed by atoms with Crippen molar-refractivity contribution in [3.05, 3.63) is 70.2 Å². The number of para-hydroxylation sites is 2. The van der Waals surface area contributed by atoms with Crippen LogP contribution < -0.4 is 9.54 Å². The Balaban J connectivity index is 1.91. The first kappa shape index (κ1) is 15.5. The molecule has 0 N–H and O–H groups in total. The zero-order chi connectivity index (χ0) is 16.1. The number of thiazole rings is 1. The molecule has 0 spiro atoms. The molecule has 0 radical (unpaired) electrons. The average Bonchev–Trinajstić information content (AvgIpc) is 2.94. The zero-order valence-electron chi connectivity index (χ0n) is 13.3. The van der Waals surface area contributed by atoms with Gasteiger partial charge in [-0.2, -0.15) is 0 Å². The number of methoxy groups -OCH3 is 1. The Morgan fingerprint density at radius 3 is 2.78 bits per heavy atom. The maximum atomic E-state index is 5.39. The van der Waals surface area contributed by atoms with E-state index in [0.717, 1.165) is 34.9 Å². The van der Waals surface area contributed by atoms with E-state index < -0.39 is 0 Å². The lowest BCUT2D eigenvalue weighted by Gasteiger charge is -2.07. The van der Waals surface area contributed by atoms with Gasteiger partial charge < -0.3 is 9.30 Å². The summed E-state index contributed by atoms with van der Waals surface area (Å²) in [4.78, 5) is 10.1. The molecule has 0 aliphatic rings. The third kappa shape index (κ3) is 3.68. The molecular formula is C18H19N3OS. The van der Waals surface area contributed by atoms with Crippen LogP contribution in [0.1, 0.15) is 11.4 Å². The highest BCUT2D eigenvalue weighted by atomic mass is 32.1. The summed E-state index contributed by atoms with van der Waals surface area (Å²) in [6.07, 6.45) is 2.72. The van der Waals surface area contributed by atoms with Crippen LogP contribution in [-0.2, 0) is 13.0 Å². The van der Waals surface area contributed by atoms with E-state index in [2.05, 4.69) is 27.9 Å². The molecule has 1 aromatic carbocycles. The number of hydrogen-bond donors (Lipinski definition) is 0. The van der Waals surface area contributed by atoms with Crippen molar-refractivity contribution >= 4 is 17.0 Å². The van der Waals surface area contributed by atoms with E-state index in [4.69, 9.17) is 9.73 Å². The fraction of sp³-hybridized carbons (Fsp3) is 0.222. The fourth-order valence-electron chi connectivity index (χ4n) is 2.37. The summed E-state index contributed by atoms with van der Waals surface area (Å²) in [5.74, 6) is 0.787. The summed E-state index contributed by atoms with van der Waals surface area (Å²) in [7, 11) is 1.67. The van der Waals surface area contributed by atoms with Crippen molar-refractivity contribution in [2.75, 3.05) is 7.11 Å². The maximum absolute atomic E-state index is 5.39. The number of aromatic nitrogens is 2. The Morgan fingerprint density at radius 1 is 1.17 bits per heavy atom. The van der Waals surface area contributed by atoms with Crippen LogP contribution >= 0.6 is 11.3 Å². The van der Waals surface area contributed by atoms with Crippen molar-refractivity contribution in [3.8, 4) is 5.75 Å². The van der Waals surface area contributed by atoms with Crippen LogP contribution in [0.4, 0.5) is 5.69 Å². The van der Waals surface area contributed by atoms with Gasteiger partial charge in [-0.05, 0) is 31.2 Å². The Bertz CT molecular complexity index is 837. The first-order valence-electron chi connectivity index (χ1n) is 7.50. The number of hydrogen-bond acceptors (Lipinski definition) is 4. The van der Waals surface area contributed by atoms with E-state index in [1.54, 1.807) is 18.4 Å². The van der Waals surface area contributed by atoms with Crippen molar-refractivity contribution in [1.82, 2.24) is 9.55 Å². The van der Waals surface area contributed by atoms with E-state index in [9.17, 15) is 0 Å². The molecule has 4 nitrogen and oxygen atoms in total. The van der Waals surface area contributed by atoms with Crippen LogP contribution in [0.3, 0.4) is 0 Å². The van der Waals surface area contributed by atoms with E-state index in [1.165, 1.54) is 5.69 Å². The van der Waals surface area contributed by atoms with Gasteiger partial charge in [0.2, 0.25) is 0 Å². The first-order chi connectivity index (χ1) is 11.3. The number of ether oxygens (including phenoxy) is 1. The van der Waals surface area contributed by atoms with Crippen molar-refractivity contribution < 1.29 is 4.74 Å². The molecule has 0 amide bonds. The predicted octanol–water partition coefficient (Wildman–Crippen LogP) is 3.74. The van der Waals surface area contributed by atoms with E-state index >= 15 is 0 Å². The molecule has 3 aromatic rings. The lowest BCUT2D eigenvalue weighted by molar-refractivity contribution is 0.416. The largest absolute Gasteiger partial charge is 0.494 e. The van der Waals surface area contributed by atoms with E-state index in [-0.39, 0.29) is 0 Å². The molecule has 118 valence electrons. The summed E-state index contributed by atoms with van der Waals surface area (Å²) in [6.45, 7) is 2.97. The summed E-state index contributed by atoms with van der Waals surface area (Å²) in [5.41, 5.74) is 3.15. The van der Waals surface area contributed by atoms with Gasteiger partial charge in [-0.1, -0.05) is 18.2 Å². The predicted molar refractivity (Wildman–Crippen MR) is 93.2 cm³/mol. The fourth-order valence-corrected chi connectivity index (χ4v) is 3.29. The van der Waals surface area contributed by atoms with Gasteiger partial charge in [0, 0.05) is 35.9 Å². The van der Waals surface area contributed by atoms with Crippen LogP contribution in [0.2, 0.25) is 0 Å². The Kier molecular flexibility index (Phi) is 4.88. The van der Waals surface area contributed by atoms with Crippen LogP contribution in [0.25, 0.3) is 0 Å². The molecule has 23 heavy (non-hydrogen) atoms. The summed E-state index contributed by atoms with van der Waals surface area (Å²) in [6, 6.07) is 13.8. The molecule has 2 aromatic heterocycles. The quantitative estimate of drug-likeness (QED) is 0.717. The van der Waals surface area contributed by atoms with Gasteiger partial charge >= 0.3 is 0 Å². The first-order valence-corrected chi connectivity index (χ1v) is 8.38. The van der Waals surface area contributed by atoms with Crippen LogP contribution in [-0.4, -0.2) is 16.7 Å². The Morgan fingerprint density at radius 2 is 2.00 bits per heavy atom. The molecule has 0 fully saturated rings. The third-order valence-electron chi connectivity index (χ3n) is 3.61. The molecule has 0 bridgehead atoms. The summed E-state index contributed by atoms with van der Waals surface area (Å²) >= 11 is 1.65. The Labute approximate surface area is 139 Å². The zero-order valence-corrected chi connectivity index (χ0v) is 14.1. The summed E-state index contributed by atoms with van der Waals surface area (Å²) in [5, 5.41) is 2.13. The molecular weight excluding hydrogens is 306 g/mol. The molecule has 3 rings (SSSR count). The van der Waals surface area contributed by atoms with Crippen LogP contribution in [0.5, 0.6) is 5.75 Å². The standard InChI is InChI=1S/C18H19N3OS/c1-14-13-23-18(20-16-8-3-4-9-17(16)22-2)21(14)12-10-15-7-5-6-11-19-15/h3-9,11,13H,10,12H2,1-2H3. The topological polar surface area (TPSA) is 39.4 Å². The number of benzene rings is 1. The second kappa shape index (κ2) is 7.24. The van der Waals surface area contributed by atoms with Gasteiger partial charge in [0.25, 0.3) is 0 Å². The maximum Gasteiger partial charge on any atom is 0.190 e. The molecule has 0 saturated carbocycles. The molecule has 0 aliphatic carbocycles. The van der Waals surface area contributed by atoms with Crippen molar-refractivity contribution in [2.45, 2.75) is 19.9 Å².